The van der Waals surface area contributed by atoms with Crippen LogP contribution in [-0.4, -0.2) is 41.4 Å². The lowest BCUT2D eigenvalue weighted by atomic mass is 10.1. The maximum atomic E-state index is 14.2. The Morgan fingerprint density at radius 3 is 2.75 bits per heavy atom. The summed E-state index contributed by atoms with van der Waals surface area (Å²) in [7, 11) is 0. The lowest BCUT2D eigenvalue weighted by molar-refractivity contribution is -0.385. The van der Waals surface area contributed by atoms with Crippen LogP contribution >= 0.6 is 11.3 Å². The van der Waals surface area contributed by atoms with Crippen molar-refractivity contribution in [2.45, 2.75) is 13.0 Å². The van der Waals surface area contributed by atoms with Crippen molar-refractivity contribution in [1.82, 2.24) is 4.90 Å². The van der Waals surface area contributed by atoms with Gasteiger partial charge in [0.1, 0.15) is 0 Å². The topological polar surface area (TPSA) is 66.7 Å². The zero-order valence-electron chi connectivity index (χ0n) is 13.0. The Bertz CT molecular complexity index is 766. The van der Waals surface area contributed by atoms with E-state index in [9.17, 15) is 19.3 Å². The van der Waals surface area contributed by atoms with Crippen LogP contribution in [0.25, 0.3) is 0 Å². The Morgan fingerprint density at radius 1 is 1.38 bits per heavy atom. The molecule has 126 valence electrons. The number of hydrogen-bond acceptors (Lipinski definition) is 5. The number of carbonyl (C=O) groups is 1. The van der Waals surface area contributed by atoms with Gasteiger partial charge in [0.05, 0.1) is 21.6 Å². The summed E-state index contributed by atoms with van der Waals surface area (Å²) in [5.74, 6) is -0.629. The zero-order chi connectivity index (χ0) is 17.3. The predicted molar refractivity (Wildman–Crippen MR) is 90.1 cm³/mol. The average molecular weight is 349 g/mol. The van der Waals surface area contributed by atoms with Gasteiger partial charge in [0.15, 0.2) is 5.82 Å². The molecule has 24 heavy (non-hydrogen) atoms. The molecule has 8 heteroatoms. The van der Waals surface area contributed by atoms with Crippen molar-refractivity contribution in [2.75, 3.05) is 24.5 Å². The maximum absolute atomic E-state index is 14.2. The fraction of sp³-hybridized carbons (Fsp3) is 0.312. The first-order chi connectivity index (χ1) is 11.5. The molecule has 1 amide bonds. The third-order valence-electron chi connectivity index (χ3n) is 4.10. The minimum Gasteiger partial charge on any atom is -0.365 e. The summed E-state index contributed by atoms with van der Waals surface area (Å²) in [4.78, 5) is 26.9. The maximum Gasteiger partial charge on any atom is 0.272 e. The number of nitro benzene ring substituents is 1. The van der Waals surface area contributed by atoms with Crippen molar-refractivity contribution in [3.05, 3.63) is 56.5 Å². The molecule has 1 aromatic heterocycles. The molecule has 1 fully saturated rings. The zero-order valence-corrected chi connectivity index (χ0v) is 13.8. The summed E-state index contributed by atoms with van der Waals surface area (Å²) < 4.78 is 14.2. The van der Waals surface area contributed by atoms with Gasteiger partial charge in [-0.2, -0.15) is 0 Å². The molecule has 0 radical (unpaired) electrons. The monoisotopic (exact) mass is 349 g/mol. The van der Waals surface area contributed by atoms with E-state index in [4.69, 9.17) is 0 Å². The van der Waals surface area contributed by atoms with Crippen molar-refractivity contribution in [3.8, 4) is 0 Å². The van der Waals surface area contributed by atoms with Gasteiger partial charge in [0.2, 0.25) is 0 Å². The van der Waals surface area contributed by atoms with Crippen LogP contribution in [-0.2, 0) is 0 Å². The van der Waals surface area contributed by atoms with E-state index < -0.39 is 10.7 Å². The lowest BCUT2D eigenvalue weighted by Crippen LogP contribution is -2.54. The number of amides is 1. The number of benzene rings is 1. The molecule has 2 aromatic rings. The summed E-state index contributed by atoms with van der Waals surface area (Å²) in [6, 6.07) is 7.21. The molecule has 3 rings (SSSR count). The third kappa shape index (κ3) is 3.09. The van der Waals surface area contributed by atoms with E-state index in [0.29, 0.717) is 30.2 Å². The highest BCUT2D eigenvalue weighted by Gasteiger charge is 2.30. The molecule has 0 saturated carbocycles. The number of hydrogen-bond donors (Lipinski definition) is 0. The summed E-state index contributed by atoms with van der Waals surface area (Å²) in [5.41, 5.74) is 0.0616. The van der Waals surface area contributed by atoms with E-state index in [1.807, 2.05) is 23.3 Å². The second kappa shape index (κ2) is 6.56. The lowest BCUT2D eigenvalue weighted by Gasteiger charge is -2.40. The molecule has 0 bridgehead atoms. The number of halogens is 1. The van der Waals surface area contributed by atoms with E-state index in [0.717, 1.165) is 6.07 Å². The van der Waals surface area contributed by atoms with Gasteiger partial charge < -0.3 is 9.80 Å². The number of rotatable bonds is 3. The quantitative estimate of drug-likeness (QED) is 0.631. The van der Waals surface area contributed by atoms with Crippen LogP contribution in [0.15, 0.2) is 35.7 Å². The number of nitrogens with zero attached hydrogens (tertiary/aromatic N) is 3. The molecule has 1 aliphatic rings. The molecule has 1 unspecified atom stereocenters. The first-order valence-corrected chi connectivity index (χ1v) is 8.38. The molecule has 1 atom stereocenters. The van der Waals surface area contributed by atoms with E-state index in [1.165, 1.54) is 23.5 Å². The second-order valence-corrected chi connectivity index (χ2v) is 6.61. The molecule has 0 spiro atoms. The summed E-state index contributed by atoms with van der Waals surface area (Å²) >= 11 is 1.40. The smallest absolute Gasteiger partial charge is 0.272 e. The van der Waals surface area contributed by atoms with Gasteiger partial charge >= 0.3 is 0 Å². The number of anilines is 1. The predicted octanol–water partition coefficient (Wildman–Crippen LogP) is 3.15. The highest BCUT2D eigenvalue weighted by atomic mass is 32.1. The highest BCUT2D eigenvalue weighted by molar-refractivity contribution is 7.12. The van der Waals surface area contributed by atoms with Gasteiger partial charge in [0, 0.05) is 31.7 Å². The molecule has 2 heterocycles. The first kappa shape index (κ1) is 16.4. The Morgan fingerprint density at radius 2 is 2.17 bits per heavy atom. The molecule has 6 nitrogen and oxygen atoms in total. The van der Waals surface area contributed by atoms with Gasteiger partial charge in [-0.25, -0.2) is 4.39 Å². The number of nitro groups is 1. The van der Waals surface area contributed by atoms with Crippen LogP contribution < -0.4 is 4.90 Å². The first-order valence-electron chi connectivity index (χ1n) is 7.50. The molecular weight excluding hydrogens is 333 g/mol. The highest BCUT2D eigenvalue weighted by Crippen LogP contribution is 2.27. The molecule has 0 aliphatic carbocycles. The van der Waals surface area contributed by atoms with Crippen molar-refractivity contribution in [1.29, 1.82) is 0 Å². The largest absolute Gasteiger partial charge is 0.365 e. The van der Waals surface area contributed by atoms with Gasteiger partial charge in [-0.3, -0.25) is 14.9 Å². The van der Waals surface area contributed by atoms with E-state index in [2.05, 4.69) is 0 Å². The van der Waals surface area contributed by atoms with Crippen molar-refractivity contribution >= 4 is 28.6 Å². The van der Waals surface area contributed by atoms with Crippen LogP contribution in [0, 0.1) is 15.9 Å². The molecule has 1 aromatic carbocycles. The molecule has 0 N–H and O–H groups in total. The summed E-state index contributed by atoms with van der Waals surface area (Å²) in [5, 5.41) is 12.6. The number of thiophene rings is 1. The van der Waals surface area contributed by atoms with Crippen LogP contribution in [0.4, 0.5) is 15.8 Å². The van der Waals surface area contributed by atoms with Gasteiger partial charge in [0.25, 0.3) is 11.6 Å². The van der Waals surface area contributed by atoms with Gasteiger partial charge in [-0.15, -0.1) is 11.3 Å². The van der Waals surface area contributed by atoms with Crippen LogP contribution in [0.5, 0.6) is 0 Å². The fourth-order valence-electron chi connectivity index (χ4n) is 2.89. The van der Waals surface area contributed by atoms with E-state index >= 15 is 0 Å². The van der Waals surface area contributed by atoms with Crippen LogP contribution in [0.3, 0.4) is 0 Å². The fourth-order valence-corrected chi connectivity index (χ4v) is 3.56. The second-order valence-electron chi connectivity index (χ2n) is 5.66. The van der Waals surface area contributed by atoms with Crippen molar-refractivity contribution in [3.63, 3.8) is 0 Å². The third-order valence-corrected chi connectivity index (χ3v) is 4.96. The standard InChI is InChI=1S/C16H16FN3O3S/c1-11-10-18(14-5-4-12(20(22)23)9-13(14)17)6-7-19(11)16(21)15-3-2-8-24-15/h2-5,8-9,11H,6-7,10H2,1H3. The Hall–Kier alpha value is -2.48. The minimum atomic E-state index is -0.618. The van der Waals surface area contributed by atoms with Crippen LogP contribution in [0.1, 0.15) is 16.6 Å². The van der Waals surface area contributed by atoms with E-state index in [1.54, 1.807) is 11.0 Å². The van der Waals surface area contributed by atoms with Gasteiger partial charge in [-0.05, 0) is 24.4 Å². The van der Waals surface area contributed by atoms with Crippen LogP contribution in [0.2, 0.25) is 0 Å². The number of non-ortho nitro benzene ring substituents is 1. The van der Waals surface area contributed by atoms with Crippen molar-refractivity contribution in [2.24, 2.45) is 0 Å². The average Bonchev–Trinajstić information content (AvgIpc) is 3.08. The van der Waals surface area contributed by atoms with Crippen molar-refractivity contribution < 1.29 is 14.1 Å². The normalized spacial score (nSPS) is 17.8. The Kier molecular flexibility index (Phi) is 4.48. The Balaban J connectivity index is 1.74. The molecular formula is C16H16FN3O3S. The Labute approximate surface area is 142 Å². The summed E-state index contributed by atoms with van der Waals surface area (Å²) in [6.45, 7) is 3.36. The number of piperazine rings is 1. The van der Waals surface area contributed by atoms with E-state index in [-0.39, 0.29) is 17.6 Å². The number of carbonyl (C=O) groups excluding carboxylic acids is 1. The minimum absolute atomic E-state index is 0.0127. The summed E-state index contributed by atoms with van der Waals surface area (Å²) in [6.07, 6.45) is 0. The van der Waals surface area contributed by atoms with Gasteiger partial charge in [-0.1, -0.05) is 6.07 Å². The molecule has 1 aliphatic heterocycles. The molecule has 1 saturated heterocycles. The SMILES string of the molecule is CC1CN(c2ccc([N+](=O)[O-])cc2F)CCN1C(=O)c1cccs1.